The smallest absolute Gasteiger partial charge is 0.229 e. The minimum absolute atomic E-state index is 0.104. The Labute approximate surface area is 165 Å². The highest BCUT2D eigenvalue weighted by Gasteiger charge is 2.12. The zero-order valence-electron chi connectivity index (χ0n) is 16.1. The van der Waals surface area contributed by atoms with E-state index in [-0.39, 0.29) is 18.1 Å². The Balaban J connectivity index is 1.65. The third-order valence-electron chi connectivity index (χ3n) is 4.42. The number of pyridine rings is 1. The van der Waals surface area contributed by atoms with Gasteiger partial charge in [0.1, 0.15) is 11.6 Å². The van der Waals surface area contributed by atoms with Gasteiger partial charge in [-0.1, -0.05) is 42.5 Å². The van der Waals surface area contributed by atoms with Crippen LogP contribution in [0.5, 0.6) is 0 Å². The molecule has 1 aromatic heterocycles. The highest BCUT2D eigenvalue weighted by molar-refractivity contribution is 5.91. The van der Waals surface area contributed by atoms with Crippen LogP contribution in [0.3, 0.4) is 0 Å². The van der Waals surface area contributed by atoms with Gasteiger partial charge in [-0.15, -0.1) is 0 Å². The fraction of sp³-hybridized carbons (Fsp3) is 0.217. The molecule has 0 fully saturated rings. The Hall–Kier alpha value is -3.21. The van der Waals surface area contributed by atoms with E-state index in [0.29, 0.717) is 17.4 Å². The van der Waals surface area contributed by atoms with Crippen molar-refractivity contribution in [2.45, 2.75) is 32.9 Å². The number of carbonyl (C=O) groups is 1. The Morgan fingerprint density at radius 3 is 2.43 bits per heavy atom. The molecule has 3 aromatic rings. The summed E-state index contributed by atoms with van der Waals surface area (Å²) >= 11 is 0. The van der Waals surface area contributed by atoms with Gasteiger partial charge in [0.2, 0.25) is 5.91 Å². The molecule has 0 aliphatic rings. The van der Waals surface area contributed by atoms with Gasteiger partial charge in [0.25, 0.3) is 0 Å². The van der Waals surface area contributed by atoms with E-state index in [0.717, 1.165) is 12.2 Å². The van der Waals surface area contributed by atoms with Crippen molar-refractivity contribution in [3.05, 3.63) is 89.9 Å². The Kier molecular flexibility index (Phi) is 6.37. The van der Waals surface area contributed by atoms with Gasteiger partial charge in [0.05, 0.1) is 18.3 Å². The van der Waals surface area contributed by atoms with Crippen LogP contribution in [-0.2, 0) is 17.8 Å². The maximum Gasteiger partial charge on any atom is 0.229 e. The molecule has 1 N–H and O–H groups in total. The van der Waals surface area contributed by atoms with Crippen molar-refractivity contribution in [3.63, 3.8) is 0 Å². The van der Waals surface area contributed by atoms with Crippen molar-refractivity contribution < 1.29 is 9.18 Å². The second kappa shape index (κ2) is 9.13. The highest BCUT2D eigenvalue weighted by atomic mass is 19.1. The summed E-state index contributed by atoms with van der Waals surface area (Å²) in [6, 6.07) is 20.4. The number of aromatic nitrogens is 1. The van der Waals surface area contributed by atoms with E-state index in [9.17, 15) is 9.18 Å². The summed E-state index contributed by atoms with van der Waals surface area (Å²) in [4.78, 5) is 18.8. The molecule has 2 aromatic carbocycles. The maximum atomic E-state index is 13.2. The number of carbonyl (C=O) groups excluding carboxylic acids is 1. The SMILES string of the molecule is CC(C)N(Cc1ccccc1)c1ccc(NC(=O)Cc2cccc(F)c2)nc1. The third-order valence-corrected chi connectivity index (χ3v) is 4.42. The van der Waals surface area contributed by atoms with Gasteiger partial charge < -0.3 is 10.2 Å². The summed E-state index contributed by atoms with van der Waals surface area (Å²) in [5.74, 6) is -0.0932. The summed E-state index contributed by atoms with van der Waals surface area (Å²) in [5.41, 5.74) is 2.84. The summed E-state index contributed by atoms with van der Waals surface area (Å²) in [6.07, 6.45) is 1.87. The molecule has 0 atom stereocenters. The van der Waals surface area contributed by atoms with Gasteiger partial charge in [-0.3, -0.25) is 4.79 Å². The van der Waals surface area contributed by atoms with Gasteiger partial charge in [0.15, 0.2) is 0 Å². The molecule has 0 saturated carbocycles. The Morgan fingerprint density at radius 1 is 1.04 bits per heavy atom. The van der Waals surface area contributed by atoms with E-state index in [1.807, 2.05) is 24.3 Å². The molecule has 0 bridgehead atoms. The molecule has 0 aliphatic carbocycles. The molecule has 144 valence electrons. The Morgan fingerprint density at radius 2 is 1.79 bits per heavy atom. The first-order valence-electron chi connectivity index (χ1n) is 9.32. The van der Waals surface area contributed by atoms with E-state index in [2.05, 4.69) is 41.2 Å². The molecule has 0 spiro atoms. The predicted octanol–water partition coefficient (Wildman–Crippen LogP) is 4.82. The topological polar surface area (TPSA) is 45.2 Å². The van der Waals surface area contributed by atoms with E-state index >= 15 is 0 Å². The first kappa shape index (κ1) is 19.5. The number of hydrogen-bond donors (Lipinski definition) is 1. The number of halogens is 1. The largest absolute Gasteiger partial charge is 0.364 e. The molecular formula is C23H24FN3O. The molecule has 1 amide bonds. The van der Waals surface area contributed by atoms with Gasteiger partial charge in [-0.2, -0.15) is 0 Å². The number of benzene rings is 2. The predicted molar refractivity (Wildman–Crippen MR) is 111 cm³/mol. The minimum atomic E-state index is -0.347. The zero-order chi connectivity index (χ0) is 19.9. The van der Waals surface area contributed by atoms with Crippen molar-refractivity contribution in [1.29, 1.82) is 0 Å². The second-order valence-corrected chi connectivity index (χ2v) is 6.96. The first-order chi connectivity index (χ1) is 13.5. The number of nitrogens with zero attached hydrogens (tertiary/aromatic N) is 2. The van der Waals surface area contributed by atoms with Crippen molar-refractivity contribution in [2.75, 3.05) is 10.2 Å². The monoisotopic (exact) mass is 377 g/mol. The second-order valence-electron chi connectivity index (χ2n) is 6.96. The van der Waals surface area contributed by atoms with Crippen molar-refractivity contribution in [3.8, 4) is 0 Å². The molecule has 0 unspecified atom stereocenters. The van der Waals surface area contributed by atoms with E-state index in [4.69, 9.17) is 0 Å². The lowest BCUT2D eigenvalue weighted by Crippen LogP contribution is -2.30. The quantitative estimate of drug-likeness (QED) is 0.642. The standard InChI is InChI=1S/C23H24FN3O/c1-17(2)27(16-18-7-4-3-5-8-18)21-11-12-22(25-15-21)26-23(28)14-19-9-6-10-20(24)13-19/h3-13,15,17H,14,16H2,1-2H3,(H,25,26,28). The van der Waals surface area contributed by atoms with Crippen molar-refractivity contribution in [1.82, 2.24) is 4.98 Å². The lowest BCUT2D eigenvalue weighted by molar-refractivity contribution is -0.115. The molecule has 28 heavy (non-hydrogen) atoms. The third kappa shape index (κ3) is 5.39. The summed E-state index contributed by atoms with van der Waals surface area (Å²) in [5, 5.41) is 2.76. The highest BCUT2D eigenvalue weighted by Crippen LogP contribution is 2.21. The van der Waals surface area contributed by atoms with Crippen LogP contribution in [0.2, 0.25) is 0 Å². The van der Waals surface area contributed by atoms with Gasteiger partial charge in [-0.25, -0.2) is 9.37 Å². The number of amides is 1. The van der Waals surface area contributed by atoms with Crippen molar-refractivity contribution in [2.24, 2.45) is 0 Å². The van der Waals surface area contributed by atoms with E-state index in [1.54, 1.807) is 24.4 Å². The number of hydrogen-bond acceptors (Lipinski definition) is 3. The molecular weight excluding hydrogens is 353 g/mol. The Bertz CT molecular complexity index is 911. The molecule has 0 aliphatic heterocycles. The van der Waals surface area contributed by atoms with Crippen LogP contribution in [0, 0.1) is 5.82 Å². The van der Waals surface area contributed by atoms with Crippen LogP contribution in [0.4, 0.5) is 15.9 Å². The van der Waals surface area contributed by atoms with Crippen LogP contribution >= 0.6 is 0 Å². The van der Waals surface area contributed by atoms with Gasteiger partial charge in [-0.05, 0) is 49.2 Å². The summed E-state index contributed by atoms with van der Waals surface area (Å²) < 4.78 is 13.2. The van der Waals surface area contributed by atoms with Gasteiger partial charge in [0, 0.05) is 12.6 Å². The molecule has 4 nitrogen and oxygen atoms in total. The lowest BCUT2D eigenvalue weighted by Gasteiger charge is -2.29. The molecule has 3 rings (SSSR count). The van der Waals surface area contributed by atoms with Crippen LogP contribution in [0.1, 0.15) is 25.0 Å². The van der Waals surface area contributed by atoms with Gasteiger partial charge >= 0.3 is 0 Å². The molecule has 0 radical (unpaired) electrons. The number of rotatable bonds is 7. The number of anilines is 2. The van der Waals surface area contributed by atoms with E-state index < -0.39 is 0 Å². The molecule has 0 saturated heterocycles. The fourth-order valence-corrected chi connectivity index (χ4v) is 3.00. The van der Waals surface area contributed by atoms with E-state index in [1.165, 1.54) is 17.7 Å². The van der Waals surface area contributed by atoms with Crippen molar-refractivity contribution >= 4 is 17.4 Å². The van der Waals surface area contributed by atoms with Crippen LogP contribution < -0.4 is 10.2 Å². The van der Waals surface area contributed by atoms with Crippen LogP contribution in [0.15, 0.2) is 72.9 Å². The van der Waals surface area contributed by atoms with Crippen LogP contribution in [0.25, 0.3) is 0 Å². The molecule has 1 heterocycles. The summed E-state index contributed by atoms with van der Waals surface area (Å²) in [6.45, 7) is 5.06. The first-order valence-corrected chi connectivity index (χ1v) is 9.32. The zero-order valence-corrected chi connectivity index (χ0v) is 16.1. The average molecular weight is 377 g/mol. The summed E-state index contributed by atoms with van der Waals surface area (Å²) in [7, 11) is 0. The molecule has 5 heteroatoms. The number of nitrogens with one attached hydrogen (secondary N) is 1. The average Bonchev–Trinajstić information content (AvgIpc) is 2.67. The minimum Gasteiger partial charge on any atom is -0.364 e. The normalized spacial score (nSPS) is 10.7. The fourth-order valence-electron chi connectivity index (χ4n) is 3.00. The lowest BCUT2D eigenvalue weighted by atomic mass is 10.1. The maximum absolute atomic E-state index is 13.2. The van der Waals surface area contributed by atoms with Crippen LogP contribution in [-0.4, -0.2) is 16.9 Å².